The van der Waals surface area contributed by atoms with E-state index < -0.39 is 17.6 Å². The van der Waals surface area contributed by atoms with Gasteiger partial charge in [0.1, 0.15) is 11.6 Å². The molecule has 0 radical (unpaired) electrons. The van der Waals surface area contributed by atoms with E-state index in [9.17, 15) is 4.79 Å². The molecule has 1 aromatic carbocycles. The largest absolute Gasteiger partial charge is 0.458 e. The molecule has 4 heteroatoms. The molecule has 1 aromatic rings. The van der Waals surface area contributed by atoms with E-state index in [4.69, 9.17) is 15.6 Å². The third-order valence-corrected chi connectivity index (χ3v) is 2.69. The van der Waals surface area contributed by atoms with Crippen molar-refractivity contribution in [3.8, 4) is 0 Å². The summed E-state index contributed by atoms with van der Waals surface area (Å²) in [6.45, 7) is 3.50. The van der Waals surface area contributed by atoms with Crippen LogP contribution in [-0.2, 0) is 16.0 Å². The maximum absolute atomic E-state index is 11.8. The lowest BCUT2D eigenvalue weighted by atomic mass is 10.0. The van der Waals surface area contributed by atoms with Gasteiger partial charge < -0.3 is 15.6 Å². The van der Waals surface area contributed by atoms with E-state index in [0.29, 0.717) is 12.8 Å². The Labute approximate surface area is 108 Å². The number of rotatable bonds is 6. The number of ether oxygens (including phenoxy) is 1. The zero-order valence-electron chi connectivity index (χ0n) is 10.9. The van der Waals surface area contributed by atoms with Crippen LogP contribution in [0.1, 0.15) is 25.8 Å². The Morgan fingerprint density at radius 2 is 2.00 bits per heavy atom. The van der Waals surface area contributed by atoms with Crippen molar-refractivity contribution in [1.29, 1.82) is 0 Å². The Morgan fingerprint density at radius 1 is 1.39 bits per heavy atom. The van der Waals surface area contributed by atoms with E-state index in [-0.39, 0.29) is 6.61 Å². The van der Waals surface area contributed by atoms with Gasteiger partial charge in [-0.2, -0.15) is 0 Å². The summed E-state index contributed by atoms with van der Waals surface area (Å²) in [4.78, 5) is 11.8. The SMILES string of the molecule is CC(C)(CCO)OC(=O)[C@@H](N)Cc1ccccc1. The third kappa shape index (κ3) is 4.85. The number of carbonyl (C=O) groups is 1. The van der Waals surface area contributed by atoms with Gasteiger partial charge in [0.05, 0.1) is 0 Å². The fourth-order valence-corrected chi connectivity index (χ4v) is 1.62. The van der Waals surface area contributed by atoms with Crippen molar-refractivity contribution >= 4 is 5.97 Å². The normalized spacial score (nSPS) is 13.1. The summed E-state index contributed by atoms with van der Waals surface area (Å²) in [5.74, 6) is -0.433. The highest BCUT2D eigenvalue weighted by Gasteiger charge is 2.25. The molecule has 0 aliphatic rings. The Morgan fingerprint density at radius 3 is 2.56 bits per heavy atom. The zero-order chi connectivity index (χ0) is 13.6. The topological polar surface area (TPSA) is 72.5 Å². The first kappa shape index (κ1) is 14.7. The van der Waals surface area contributed by atoms with Gasteiger partial charge in [-0.15, -0.1) is 0 Å². The molecule has 0 aliphatic carbocycles. The highest BCUT2D eigenvalue weighted by Crippen LogP contribution is 2.15. The van der Waals surface area contributed by atoms with Crippen LogP contribution in [0.25, 0.3) is 0 Å². The molecule has 4 nitrogen and oxygen atoms in total. The molecular formula is C14H21NO3. The molecule has 0 saturated heterocycles. The quantitative estimate of drug-likeness (QED) is 0.747. The molecule has 0 unspecified atom stereocenters. The Balaban J connectivity index is 2.52. The molecule has 1 atom stereocenters. The Hall–Kier alpha value is -1.39. The van der Waals surface area contributed by atoms with Crippen LogP contribution in [0.3, 0.4) is 0 Å². The van der Waals surface area contributed by atoms with Gasteiger partial charge in [-0.1, -0.05) is 30.3 Å². The minimum atomic E-state index is -0.680. The van der Waals surface area contributed by atoms with Gasteiger partial charge in [-0.05, 0) is 25.8 Å². The Kier molecular flexibility index (Phi) is 5.31. The maximum Gasteiger partial charge on any atom is 0.323 e. The minimum absolute atomic E-state index is 0.0196. The highest BCUT2D eigenvalue weighted by molar-refractivity contribution is 5.76. The summed E-state index contributed by atoms with van der Waals surface area (Å²) in [7, 11) is 0. The van der Waals surface area contributed by atoms with Gasteiger partial charge in [0.25, 0.3) is 0 Å². The van der Waals surface area contributed by atoms with E-state index >= 15 is 0 Å². The molecule has 0 bridgehead atoms. The lowest BCUT2D eigenvalue weighted by Crippen LogP contribution is -2.40. The second-order valence-corrected chi connectivity index (χ2v) is 4.95. The third-order valence-electron chi connectivity index (χ3n) is 2.69. The number of esters is 1. The molecule has 0 fully saturated rings. The summed E-state index contributed by atoms with van der Waals surface area (Å²) in [6.07, 6.45) is 0.853. The van der Waals surface area contributed by atoms with Gasteiger partial charge in [-0.25, -0.2) is 0 Å². The molecular weight excluding hydrogens is 230 g/mol. The second kappa shape index (κ2) is 6.52. The van der Waals surface area contributed by atoms with E-state index in [1.807, 2.05) is 30.3 Å². The molecule has 18 heavy (non-hydrogen) atoms. The van der Waals surface area contributed by atoms with Crippen LogP contribution in [0.2, 0.25) is 0 Å². The molecule has 100 valence electrons. The molecule has 0 spiro atoms. The minimum Gasteiger partial charge on any atom is -0.458 e. The number of benzene rings is 1. The number of aliphatic hydroxyl groups is 1. The molecule has 0 amide bonds. The standard InChI is InChI=1S/C14H21NO3/c1-14(2,8-9-16)18-13(17)12(15)10-11-6-4-3-5-7-11/h3-7,12,16H,8-10,15H2,1-2H3/t12-/m0/s1. The summed E-state index contributed by atoms with van der Waals surface area (Å²) in [5, 5.41) is 8.87. The summed E-state index contributed by atoms with van der Waals surface area (Å²) in [5.41, 5.74) is 6.14. The van der Waals surface area contributed by atoms with E-state index in [2.05, 4.69) is 0 Å². The maximum atomic E-state index is 11.8. The van der Waals surface area contributed by atoms with Crippen molar-refractivity contribution in [3.05, 3.63) is 35.9 Å². The first-order valence-electron chi connectivity index (χ1n) is 6.08. The lowest BCUT2D eigenvalue weighted by Gasteiger charge is -2.26. The van der Waals surface area contributed by atoms with Gasteiger partial charge in [0, 0.05) is 13.0 Å². The first-order chi connectivity index (χ1) is 8.44. The van der Waals surface area contributed by atoms with Crippen LogP contribution < -0.4 is 5.73 Å². The van der Waals surface area contributed by atoms with Crippen molar-refractivity contribution in [2.75, 3.05) is 6.61 Å². The van der Waals surface area contributed by atoms with E-state index in [1.54, 1.807) is 13.8 Å². The van der Waals surface area contributed by atoms with Crippen LogP contribution in [0, 0.1) is 0 Å². The molecule has 1 rings (SSSR count). The number of hydrogen-bond donors (Lipinski definition) is 2. The van der Waals surface area contributed by atoms with Crippen molar-refractivity contribution in [2.45, 2.75) is 38.3 Å². The molecule has 0 aliphatic heterocycles. The van der Waals surface area contributed by atoms with Gasteiger partial charge in [0.15, 0.2) is 0 Å². The Bertz CT molecular complexity index is 376. The van der Waals surface area contributed by atoms with Crippen molar-refractivity contribution < 1.29 is 14.6 Å². The number of carbonyl (C=O) groups excluding carboxylic acids is 1. The molecule has 0 saturated carbocycles. The lowest BCUT2D eigenvalue weighted by molar-refractivity contribution is -0.159. The fourth-order valence-electron chi connectivity index (χ4n) is 1.62. The van der Waals surface area contributed by atoms with E-state index in [0.717, 1.165) is 5.56 Å². The predicted molar refractivity (Wildman–Crippen MR) is 70.0 cm³/mol. The van der Waals surface area contributed by atoms with Gasteiger partial charge >= 0.3 is 5.97 Å². The monoisotopic (exact) mass is 251 g/mol. The van der Waals surface area contributed by atoms with Crippen molar-refractivity contribution in [2.24, 2.45) is 5.73 Å². The zero-order valence-corrected chi connectivity index (χ0v) is 10.9. The first-order valence-corrected chi connectivity index (χ1v) is 6.08. The molecule has 3 N–H and O–H groups in total. The summed E-state index contributed by atoms with van der Waals surface area (Å²) >= 11 is 0. The van der Waals surface area contributed by atoms with E-state index in [1.165, 1.54) is 0 Å². The van der Waals surface area contributed by atoms with Crippen LogP contribution >= 0.6 is 0 Å². The van der Waals surface area contributed by atoms with Crippen LogP contribution in [0.4, 0.5) is 0 Å². The van der Waals surface area contributed by atoms with Crippen LogP contribution in [-0.4, -0.2) is 29.3 Å². The fraction of sp³-hybridized carbons (Fsp3) is 0.500. The van der Waals surface area contributed by atoms with Gasteiger partial charge in [0.2, 0.25) is 0 Å². The van der Waals surface area contributed by atoms with Gasteiger partial charge in [-0.3, -0.25) is 4.79 Å². The summed E-state index contributed by atoms with van der Waals surface area (Å²) < 4.78 is 5.29. The van der Waals surface area contributed by atoms with Crippen LogP contribution in [0.15, 0.2) is 30.3 Å². The highest BCUT2D eigenvalue weighted by atomic mass is 16.6. The van der Waals surface area contributed by atoms with Crippen LogP contribution in [0.5, 0.6) is 0 Å². The summed E-state index contributed by atoms with van der Waals surface area (Å²) in [6, 6.07) is 8.90. The average Bonchev–Trinajstić information content (AvgIpc) is 2.29. The average molecular weight is 251 g/mol. The second-order valence-electron chi connectivity index (χ2n) is 4.95. The molecule has 0 heterocycles. The number of hydrogen-bond acceptors (Lipinski definition) is 4. The smallest absolute Gasteiger partial charge is 0.323 e. The molecule has 0 aromatic heterocycles. The van der Waals surface area contributed by atoms with Crippen molar-refractivity contribution in [1.82, 2.24) is 0 Å². The number of nitrogens with two attached hydrogens (primary N) is 1. The van der Waals surface area contributed by atoms with Crippen molar-refractivity contribution in [3.63, 3.8) is 0 Å². The number of aliphatic hydroxyl groups excluding tert-OH is 1. The predicted octanol–water partition coefficient (Wildman–Crippen LogP) is 1.26.